The minimum absolute atomic E-state index is 0.0431. The van der Waals surface area contributed by atoms with Crippen LogP contribution < -0.4 is 0 Å². The standard InChI is InChI=1S/C11H13NO6/c1-2-18-11(17)9(14)8(13)6-4-3-5-12-7(6)10(15)16/h3-5,8-9,13-14H,2H2,1H3,(H,15,16). The molecule has 0 saturated heterocycles. The highest BCUT2D eigenvalue weighted by Crippen LogP contribution is 2.20. The molecule has 7 heteroatoms. The highest BCUT2D eigenvalue weighted by Gasteiger charge is 2.30. The molecule has 1 aromatic rings. The van der Waals surface area contributed by atoms with Gasteiger partial charge in [-0.2, -0.15) is 0 Å². The van der Waals surface area contributed by atoms with Crippen LogP contribution >= 0.6 is 0 Å². The van der Waals surface area contributed by atoms with Gasteiger partial charge in [0.2, 0.25) is 0 Å². The highest BCUT2D eigenvalue weighted by molar-refractivity contribution is 5.87. The Morgan fingerprint density at radius 2 is 2.11 bits per heavy atom. The minimum atomic E-state index is -1.85. The molecule has 18 heavy (non-hydrogen) atoms. The summed E-state index contributed by atoms with van der Waals surface area (Å²) < 4.78 is 4.53. The number of hydrogen-bond donors (Lipinski definition) is 3. The Morgan fingerprint density at radius 1 is 1.44 bits per heavy atom. The van der Waals surface area contributed by atoms with Crippen LogP contribution in [0, 0.1) is 0 Å². The van der Waals surface area contributed by atoms with Crippen LogP contribution in [0.25, 0.3) is 0 Å². The van der Waals surface area contributed by atoms with Crippen LogP contribution in [0.4, 0.5) is 0 Å². The molecule has 0 aliphatic carbocycles. The summed E-state index contributed by atoms with van der Waals surface area (Å²) in [7, 11) is 0. The third kappa shape index (κ3) is 3.02. The van der Waals surface area contributed by atoms with Crippen molar-refractivity contribution in [2.75, 3.05) is 6.61 Å². The van der Waals surface area contributed by atoms with E-state index in [1.807, 2.05) is 0 Å². The van der Waals surface area contributed by atoms with Crippen LogP contribution in [0.2, 0.25) is 0 Å². The molecule has 0 aliphatic rings. The van der Waals surface area contributed by atoms with Gasteiger partial charge in [0.15, 0.2) is 11.8 Å². The maximum atomic E-state index is 11.2. The van der Waals surface area contributed by atoms with E-state index in [2.05, 4.69) is 9.72 Å². The molecule has 3 N–H and O–H groups in total. The molecule has 1 heterocycles. The first kappa shape index (κ1) is 14.1. The Labute approximate surface area is 103 Å². The molecule has 0 fully saturated rings. The first-order valence-electron chi connectivity index (χ1n) is 5.20. The van der Waals surface area contributed by atoms with Crippen LogP contribution in [0.3, 0.4) is 0 Å². The topological polar surface area (TPSA) is 117 Å². The summed E-state index contributed by atoms with van der Waals surface area (Å²) in [4.78, 5) is 25.7. The number of nitrogens with zero attached hydrogens (tertiary/aromatic N) is 1. The highest BCUT2D eigenvalue weighted by atomic mass is 16.5. The number of carbonyl (C=O) groups excluding carboxylic acids is 1. The summed E-state index contributed by atoms with van der Waals surface area (Å²) in [5.74, 6) is -2.38. The first-order valence-corrected chi connectivity index (χ1v) is 5.20. The molecule has 1 rings (SSSR count). The van der Waals surface area contributed by atoms with Gasteiger partial charge in [0.05, 0.1) is 6.61 Å². The van der Waals surface area contributed by atoms with Crippen molar-refractivity contribution < 1.29 is 29.6 Å². The molecule has 2 atom stereocenters. The fraction of sp³-hybridized carbons (Fsp3) is 0.364. The molecular weight excluding hydrogens is 242 g/mol. The number of rotatable bonds is 5. The maximum absolute atomic E-state index is 11.2. The van der Waals surface area contributed by atoms with Crippen molar-refractivity contribution in [1.82, 2.24) is 4.98 Å². The lowest BCUT2D eigenvalue weighted by atomic mass is 10.0. The van der Waals surface area contributed by atoms with Gasteiger partial charge in [-0.1, -0.05) is 6.07 Å². The Balaban J connectivity index is 2.99. The Bertz CT molecular complexity index is 447. The number of aromatic nitrogens is 1. The molecule has 2 unspecified atom stereocenters. The van der Waals surface area contributed by atoms with Crippen LogP contribution in [-0.4, -0.2) is 45.0 Å². The van der Waals surface area contributed by atoms with Gasteiger partial charge in [-0.3, -0.25) is 0 Å². The molecule has 98 valence electrons. The predicted molar refractivity (Wildman–Crippen MR) is 58.8 cm³/mol. The van der Waals surface area contributed by atoms with Crippen molar-refractivity contribution in [3.63, 3.8) is 0 Å². The minimum Gasteiger partial charge on any atom is -0.477 e. The first-order chi connectivity index (χ1) is 8.49. The van der Waals surface area contributed by atoms with E-state index < -0.39 is 29.8 Å². The zero-order valence-electron chi connectivity index (χ0n) is 9.61. The van der Waals surface area contributed by atoms with Gasteiger partial charge >= 0.3 is 11.9 Å². The molecule has 0 radical (unpaired) electrons. The average Bonchev–Trinajstić information content (AvgIpc) is 2.37. The van der Waals surface area contributed by atoms with Crippen molar-refractivity contribution in [2.45, 2.75) is 19.1 Å². The molecular formula is C11H13NO6. The quantitative estimate of drug-likeness (QED) is 0.620. The Hall–Kier alpha value is -1.99. The number of esters is 1. The van der Waals surface area contributed by atoms with E-state index in [1.165, 1.54) is 18.3 Å². The zero-order valence-corrected chi connectivity index (χ0v) is 9.61. The van der Waals surface area contributed by atoms with Gasteiger partial charge in [-0.25, -0.2) is 14.6 Å². The predicted octanol–water partition coefficient (Wildman–Crippen LogP) is -0.263. The second-order valence-corrected chi connectivity index (χ2v) is 3.39. The lowest BCUT2D eigenvalue weighted by Gasteiger charge is -2.17. The Kier molecular flexibility index (Phi) is 4.75. The van der Waals surface area contributed by atoms with Gasteiger partial charge in [0.25, 0.3) is 0 Å². The van der Waals surface area contributed by atoms with Crippen LogP contribution in [-0.2, 0) is 9.53 Å². The summed E-state index contributed by atoms with van der Waals surface area (Å²) in [5.41, 5.74) is -0.570. The average molecular weight is 255 g/mol. The van der Waals surface area contributed by atoms with Crippen molar-refractivity contribution >= 4 is 11.9 Å². The van der Waals surface area contributed by atoms with Crippen LogP contribution in [0.15, 0.2) is 18.3 Å². The van der Waals surface area contributed by atoms with E-state index in [1.54, 1.807) is 6.92 Å². The Morgan fingerprint density at radius 3 is 2.67 bits per heavy atom. The molecule has 0 aliphatic heterocycles. The maximum Gasteiger partial charge on any atom is 0.354 e. The van der Waals surface area contributed by atoms with Gasteiger partial charge in [-0.15, -0.1) is 0 Å². The van der Waals surface area contributed by atoms with E-state index >= 15 is 0 Å². The number of ether oxygens (including phenoxy) is 1. The van der Waals surface area contributed by atoms with Crippen LogP contribution in [0.1, 0.15) is 29.1 Å². The fourth-order valence-corrected chi connectivity index (χ4v) is 1.36. The number of carboxylic acid groups (broad SMARTS) is 1. The number of aliphatic hydroxyl groups excluding tert-OH is 2. The summed E-state index contributed by atoms with van der Waals surface area (Å²) in [5, 5.41) is 28.2. The molecule has 1 aromatic heterocycles. The number of pyridine rings is 1. The molecule has 0 amide bonds. The van der Waals surface area contributed by atoms with Crippen molar-refractivity contribution in [1.29, 1.82) is 0 Å². The lowest BCUT2D eigenvalue weighted by Crippen LogP contribution is -2.31. The van der Waals surface area contributed by atoms with E-state index in [9.17, 15) is 19.8 Å². The third-order valence-electron chi connectivity index (χ3n) is 2.19. The number of aromatic carboxylic acids is 1. The van der Waals surface area contributed by atoms with Gasteiger partial charge in [-0.05, 0) is 13.0 Å². The van der Waals surface area contributed by atoms with Crippen molar-refractivity contribution in [3.05, 3.63) is 29.6 Å². The molecule has 0 aromatic carbocycles. The summed E-state index contributed by atoms with van der Waals surface area (Å²) in [6.45, 7) is 1.59. The summed E-state index contributed by atoms with van der Waals surface area (Å²) in [6.07, 6.45) is -2.33. The molecule has 0 bridgehead atoms. The number of carboxylic acids is 1. The van der Waals surface area contributed by atoms with Crippen molar-refractivity contribution in [3.8, 4) is 0 Å². The van der Waals surface area contributed by atoms with E-state index in [0.29, 0.717) is 0 Å². The van der Waals surface area contributed by atoms with E-state index in [0.717, 1.165) is 0 Å². The van der Waals surface area contributed by atoms with Gasteiger partial charge in [0, 0.05) is 11.8 Å². The summed E-state index contributed by atoms with van der Waals surface area (Å²) in [6, 6.07) is 2.66. The summed E-state index contributed by atoms with van der Waals surface area (Å²) >= 11 is 0. The number of carbonyl (C=O) groups is 2. The van der Waals surface area contributed by atoms with E-state index in [4.69, 9.17) is 5.11 Å². The molecule has 0 spiro atoms. The third-order valence-corrected chi connectivity index (χ3v) is 2.19. The second-order valence-electron chi connectivity index (χ2n) is 3.39. The monoisotopic (exact) mass is 255 g/mol. The van der Waals surface area contributed by atoms with Crippen molar-refractivity contribution in [2.24, 2.45) is 0 Å². The smallest absolute Gasteiger partial charge is 0.354 e. The number of aliphatic hydroxyl groups is 2. The molecule has 0 saturated carbocycles. The van der Waals surface area contributed by atoms with Gasteiger partial charge < -0.3 is 20.1 Å². The largest absolute Gasteiger partial charge is 0.477 e. The van der Waals surface area contributed by atoms with Gasteiger partial charge in [0.1, 0.15) is 6.10 Å². The lowest BCUT2D eigenvalue weighted by molar-refractivity contribution is -0.159. The van der Waals surface area contributed by atoms with E-state index in [-0.39, 0.29) is 12.2 Å². The SMILES string of the molecule is CCOC(=O)C(O)C(O)c1cccnc1C(=O)O. The zero-order chi connectivity index (χ0) is 13.7. The fourth-order valence-electron chi connectivity index (χ4n) is 1.36. The normalized spacial score (nSPS) is 13.7. The van der Waals surface area contributed by atoms with Crippen LogP contribution in [0.5, 0.6) is 0 Å². The number of hydrogen-bond acceptors (Lipinski definition) is 6. The molecule has 7 nitrogen and oxygen atoms in total. The second kappa shape index (κ2) is 6.08.